The number of anilines is 1. The molecule has 8 heteroatoms. The second-order valence-electron chi connectivity index (χ2n) is 6.80. The minimum atomic E-state index is -0.437. The van der Waals surface area contributed by atoms with Crippen LogP contribution in [0.5, 0.6) is 5.88 Å². The van der Waals surface area contributed by atoms with Crippen molar-refractivity contribution in [2.24, 2.45) is 0 Å². The number of benzene rings is 1. The molecule has 4 heterocycles. The number of fused-ring (bicyclic) bond motifs is 3. The zero-order chi connectivity index (χ0) is 19.3. The van der Waals surface area contributed by atoms with Gasteiger partial charge in [0.25, 0.3) is 0 Å². The van der Waals surface area contributed by atoms with E-state index >= 15 is 0 Å². The monoisotopic (exact) mass is 381 g/mol. The van der Waals surface area contributed by atoms with Gasteiger partial charge in [0.2, 0.25) is 5.88 Å². The number of hydrogen-bond acceptors (Lipinski definition) is 5. The molecule has 1 atom stereocenters. The van der Waals surface area contributed by atoms with E-state index in [2.05, 4.69) is 10.1 Å². The molecule has 0 spiro atoms. The fourth-order valence-corrected chi connectivity index (χ4v) is 3.86. The van der Waals surface area contributed by atoms with Crippen LogP contribution in [0, 0.1) is 11.6 Å². The van der Waals surface area contributed by atoms with E-state index in [1.54, 1.807) is 17.7 Å². The number of hydrogen-bond donors (Lipinski definition) is 0. The Balaban J connectivity index is 1.59. The van der Waals surface area contributed by atoms with E-state index in [-0.39, 0.29) is 6.04 Å². The fraction of sp³-hybridized carbons (Fsp3) is 0.250. The Bertz CT molecular complexity index is 1190. The molecule has 0 saturated carbocycles. The molecule has 0 amide bonds. The van der Waals surface area contributed by atoms with Gasteiger partial charge in [-0.05, 0) is 43.2 Å². The number of halogens is 2. The summed E-state index contributed by atoms with van der Waals surface area (Å²) in [6, 6.07) is 8.82. The third-order valence-electron chi connectivity index (χ3n) is 5.17. The van der Waals surface area contributed by atoms with Gasteiger partial charge in [0.1, 0.15) is 17.5 Å². The van der Waals surface area contributed by atoms with Gasteiger partial charge in [-0.2, -0.15) is 4.98 Å². The molecule has 1 aromatic carbocycles. The average Bonchev–Trinajstić information content (AvgIpc) is 3.33. The molecule has 5 rings (SSSR count). The van der Waals surface area contributed by atoms with Gasteiger partial charge in [0.15, 0.2) is 11.3 Å². The smallest absolute Gasteiger partial charge is 0.215 e. The Morgan fingerprint density at radius 3 is 2.86 bits per heavy atom. The summed E-state index contributed by atoms with van der Waals surface area (Å²) in [6.45, 7) is 0.724. The average molecular weight is 381 g/mol. The first kappa shape index (κ1) is 16.9. The van der Waals surface area contributed by atoms with Gasteiger partial charge in [-0.1, -0.05) is 0 Å². The topological polar surface area (TPSA) is 55.6 Å². The summed E-state index contributed by atoms with van der Waals surface area (Å²) < 4.78 is 34.9. The van der Waals surface area contributed by atoms with Crippen LogP contribution >= 0.6 is 0 Å². The van der Waals surface area contributed by atoms with E-state index in [0.29, 0.717) is 28.6 Å². The van der Waals surface area contributed by atoms with Crippen LogP contribution < -0.4 is 9.64 Å². The SMILES string of the molecule is COc1ccc2c(n1)nn1ccc(N3CCC[C@@H]3c3cc(F)ccc3F)nc21. The van der Waals surface area contributed by atoms with Crippen LogP contribution in [-0.2, 0) is 0 Å². The minimum Gasteiger partial charge on any atom is -0.481 e. The highest BCUT2D eigenvalue weighted by Crippen LogP contribution is 2.37. The number of pyridine rings is 1. The van der Waals surface area contributed by atoms with Gasteiger partial charge < -0.3 is 9.64 Å². The summed E-state index contributed by atoms with van der Waals surface area (Å²) in [5.74, 6) is 0.354. The first-order valence-electron chi connectivity index (χ1n) is 9.06. The molecular formula is C20H17F2N5O. The van der Waals surface area contributed by atoms with Crippen LogP contribution in [0.25, 0.3) is 16.7 Å². The Kier molecular flexibility index (Phi) is 3.85. The van der Waals surface area contributed by atoms with Gasteiger partial charge in [-0.3, -0.25) is 0 Å². The molecule has 0 radical (unpaired) electrons. The molecule has 0 N–H and O–H groups in total. The Hall–Kier alpha value is -3.29. The van der Waals surface area contributed by atoms with Crippen molar-refractivity contribution in [1.29, 1.82) is 0 Å². The maximum atomic E-state index is 14.3. The Morgan fingerprint density at radius 1 is 1.11 bits per heavy atom. The second-order valence-corrected chi connectivity index (χ2v) is 6.80. The van der Waals surface area contributed by atoms with E-state index in [0.717, 1.165) is 30.8 Å². The number of nitrogens with zero attached hydrogens (tertiary/aromatic N) is 5. The zero-order valence-electron chi connectivity index (χ0n) is 15.1. The lowest BCUT2D eigenvalue weighted by molar-refractivity contribution is 0.399. The van der Waals surface area contributed by atoms with Crippen molar-refractivity contribution in [2.45, 2.75) is 18.9 Å². The first-order valence-corrected chi connectivity index (χ1v) is 9.06. The lowest BCUT2D eigenvalue weighted by Gasteiger charge is -2.26. The van der Waals surface area contributed by atoms with Crippen molar-refractivity contribution in [1.82, 2.24) is 19.6 Å². The molecular weight excluding hydrogens is 364 g/mol. The van der Waals surface area contributed by atoms with E-state index < -0.39 is 11.6 Å². The van der Waals surface area contributed by atoms with Crippen LogP contribution in [0.1, 0.15) is 24.4 Å². The number of rotatable bonds is 3. The minimum absolute atomic E-state index is 0.252. The Morgan fingerprint density at radius 2 is 2.00 bits per heavy atom. The van der Waals surface area contributed by atoms with Crippen LogP contribution in [0.4, 0.5) is 14.6 Å². The molecule has 0 unspecified atom stereocenters. The van der Waals surface area contributed by atoms with Gasteiger partial charge >= 0.3 is 0 Å². The number of ether oxygens (including phenoxy) is 1. The highest BCUT2D eigenvalue weighted by molar-refractivity contribution is 5.90. The molecule has 4 aromatic rings. The Labute approximate surface area is 159 Å². The maximum Gasteiger partial charge on any atom is 0.215 e. The highest BCUT2D eigenvalue weighted by atomic mass is 19.1. The largest absolute Gasteiger partial charge is 0.481 e. The van der Waals surface area contributed by atoms with Gasteiger partial charge in [-0.25, -0.2) is 18.3 Å². The van der Waals surface area contributed by atoms with Crippen molar-refractivity contribution >= 4 is 22.5 Å². The predicted molar refractivity (Wildman–Crippen MR) is 101 cm³/mol. The summed E-state index contributed by atoms with van der Waals surface area (Å²) in [7, 11) is 1.55. The van der Waals surface area contributed by atoms with E-state index in [1.165, 1.54) is 12.1 Å². The van der Waals surface area contributed by atoms with E-state index in [4.69, 9.17) is 9.72 Å². The van der Waals surface area contributed by atoms with Crippen molar-refractivity contribution in [2.75, 3.05) is 18.6 Å². The molecule has 1 fully saturated rings. The number of aromatic nitrogens is 4. The molecule has 0 bridgehead atoms. The standard InChI is InChI=1S/C20H17F2N5O/c1-28-18-7-5-13-19(24-18)25-27-10-8-17(23-20(13)27)26-9-2-3-16(26)14-11-12(21)4-6-15(14)22/h4-8,10-11,16H,2-3,9H2,1H3/t16-/m1/s1. The summed E-state index contributed by atoms with van der Waals surface area (Å²) in [4.78, 5) is 11.1. The van der Waals surface area contributed by atoms with Crippen LogP contribution in [0.3, 0.4) is 0 Å². The van der Waals surface area contributed by atoms with Gasteiger partial charge in [0, 0.05) is 24.4 Å². The summed E-state index contributed by atoms with van der Waals surface area (Å²) in [6.07, 6.45) is 3.43. The lowest BCUT2D eigenvalue weighted by atomic mass is 10.0. The molecule has 1 saturated heterocycles. The fourth-order valence-electron chi connectivity index (χ4n) is 3.86. The molecule has 1 aliphatic heterocycles. The predicted octanol–water partition coefficient (Wildman–Crippen LogP) is 3.91. The maximum absolute atomic E-state index is 14.3. The third kappa shape index (κ3) is 2.64. The van der Waals surface area contributed by atoms with Gasteiger partial charge in [-0.15, -0.1) is 5.10 Å². The molecule has 3 aromatic heterocycles. The van der Waals surface area contributed by atoms with E-state index in [1.807, 2.05) is 23.2 Å². The zero-order valence-corrected chi connectivity index (χ0v) is 15.1. The quantitative estimate of drug-likeness (QED) is 0.539. The molecule has 6 nitrogen and oxygen atoms in total. The molecule has 142 valence electrons. The lowest BCUT2D eigenvalue weighted by Crippen LogP contribution is -2.24. The summed E-state index contributed by atoms with van der Waals surface area (Å²) in [5, 5.41) is 5.23. The molecule has 28 heavy (non-hydrogen) atoms. The highest BCUT2D eigenvalue weighted by Gasteiger charge is 2.30. The van der Waals surface area contributed by atoms with Crippen LogP contribution in [0.15, 0.2) is 42.6 Å². The normalized spacial score (nSPS) is 17.0. The molecule has 1 aliphatic rings. The third-order valence-corrected chi connectivity index (χ3v) is 5.17. The molecule has 0 aliphatic carbocycles. The van der Waals surface area contributed by atoms with Crippen LogP contribution in [0.2, 0.25) is 0 Å². The van der Waals surface area contributed by atoms with Crippen molar-refractivity contribution in [3.63, 3.8) is 0 Å². The second kappa shape index (κ2) is 6.40. The number of methoxy groups -OCH3 is 1. The summed E-state index contributed by atoms with van der Waals surface area (Å²) >= 11 is 0. The van der Waals surface area contributed by atoms with Gasteiger partial charge in [0.05, 0.1) is 18.5 Å². The van der Waals surface area contributed by atoms with Crippen molar-refractivity contribution in [3.05, 3.63) is 59.8 Å². The van der Waals surface area contributed by atoms with E-state index in [9.17, 15) is 8.78 Å². The van der Waals surface area contributed by atoms with Crippen LogP contribution in [-0.4, -0.2) is 33.2 Å². The van der Waals surface area contributed by atoms with Crippen molar-refractivity contribution < 1.29 is 13.5 Å². The summed E-state index contributed by atoms with van der Waals surface area (Å²) in [5.41, 5.74) is 1.56. The van der Waals surface area contributed by atoms with Crippen molar-refractivity contribution in [3.8, 4) is 5.88 Å². The first-order chi connectivity index (χ1) is 13.6.